The minimum atomic E-state index is -0.165. The van der Waals surface area contributed by atoms with Crippen molar-refractivity contribution >= 4 is 17.5 Å². The third kappa shape index (κ3) is 4.38. The van der Waals surface area contributed by atoms with Gasteiger partial charge in [0.05, 0.1) is 6.54 Å². The fourth-order valence-corrected chi connectivity index (χ4v) is 2.88. The van der Waals surface area contributed by atoms with E-state index in [4.69, 9.17) is 4.74 Å². The number of hydrogen-bond donors (Lipinski definition) is 1. The summed E-state index contributed by atoms with van der Waals surface area (Å²) in [6.07, 6.45) is 1.44. The lowest BCUT2D eigenvalue weighted by Crippen LogP contribution is -2.29. The van der Waals surface area contributed by atoms with Gasteiger partial charge in [-0.15, -0.1) is 0 Å². The summed E-state index contributed by atoms with van der Waals surface area (Å²) < 4.78 is 5.62. The molecule has 1 aliphatic heterocycles. The minimum Gasteiger partial charge on any atom is -0.492 e. The normalized spacial score (nSPS) is 13.8. The van der Waals surface area contributed by atoms with E-state index in [-0.39, 0.29) is 11.8 Å². The van der Waals surface area contributed by atoms with E-state index in [0.717, 1.165) is 23.4 Å². The molecule has 5 heteroatoms. The lowest BCUT2D eigenvalue weighted by molar-refractivity contribution is -0.117. The highest BCUT2D eigenvalue weighted by Crippen LogP contribution is 2.22. The third-order valence-electron chi connectivity index (χ3n) is 4.14. The molecule has 1 fully saturated rings. The number of nitrogens with one attached hydrogen (secondary N) is 1. The van der Waals surface area contributed by atoms with E-state index >= 15 is 0 Å². The Morgan fingerprint density at radius 1 is 1.20 bits per heavy atom. The first kappa shape index (κ1) is 17.0. The zero-order chi connectivity index (χ0) is 17.6. The number of anilines is 1. The van der Waals surface area contributed by atoms with Crippen LogP contribution < -0.4 is 15.0 Å². The monoisotopic (exact) mass is 338 g/mol. The predicted molar refractivity (Wildman–Crippen MR) is 97.0 cm³/mol. The molecular weight excluding hydrogens is 316 g/mol. The fraction of sp³-hybridized carbons (Fsp3) is 0.300. The predicted octanol–water partition coefficient (Wildman–Crippen LogP) is 2.93. The van der Waals surface area contributed by atoms with Gasteiger partial charge in [-0.2, -0.15) is 0 Å². The Bertz CT molecular complexity index is 773. The summed E-state index contributed by atoms with van der Waals surface area (Å²) in [7, 11) is 0. The van der Waals surface area contributed by atoms with Gasteiger partial charge >= 0.3 is 0 Å². The van der Waals surface area contributed by atoms with Crippen LogP contribution in [0.2, 0.25) is 0 Å². The average Bonchev–Trinajstić information content (AvgIpc) is 3.05. The first-order chi connectivity index (χ1) is 12.1. The van der Waals surface area contributed by atoms with Crippen molar-refractivity contribution in [1.29, 1.82) is 0 Å². The highest BCUT2D eigenvalue weighted by Gasteiger charge is 2.22. The molecule has 2 amide bonds. The van der Waals surface area contributed by atoms with Crippen molar-refractivity contribution in [2.45, 2.75) is 19.8 Å². The highest BCUT2D eigenvalue weighted by molar-refractivity contribution is 5.99. The molecule has 3 rings (SSSR count). The van der Waals surface area contributed by atoms with Crippen LogP contribution in [0.4, 0.5) is 5.69 Å². The zero-order valence-electron chi connectivity index (χ0n) is 14.3. The van der Waals surface area contributed by atoms with Gasteiger partial charge in [0.25, 0.3) is 5.91 Å². The summed E-state index contributed by atoms with van der Waals surface area (Å²) in [6, 6.07) is 15.0. The van der Waals surface area contributed by atoms with Gasteiger partial charge in [-0.1, -0.05) is 18.2 Å². The number of nitrogens with zero attached hydrogens (tertiary/aromatic N) is 1. The second-order valence-corrected chi connectivity index (χ2v) is 6.12. The van der Waals surface area contributed by atoms with Crippen LogP contribution in [0.25, 0.3) is 0 Å². The molecule has 0 unspecified atom stereocenters. The van der Waals surface area contributed by atoms with E-state index in [0.29, 0.717) is 31.7 Å². The summed E-state index contributed by atoms with van der Waals surface area (Å²) in [4.78, 5) is 25.9. The van der Waals surface area contributed by atoms with Crippen LogP contribution in [0.3, 0.4) is 0 Å². The molecule has 0 saturated carbocycles. The lowest BCUT2D eigenvalue weighted by atomic mass is 10.1. The summed E-state index contributed by atoms with van der Waals surface area (Å²) in [6.45, 7) is 3.54. The van der Waals surface area contributed by atoms with Gasteiger partial charge in [0.15, 0.2) is 0 Å². The topological polar surface area (TPSA) is 58.6 Å². The number of ether oxygens (including phenoxy) is 1. The van der Waals surface area contributed by atoms with Crippen LogP contribution in [0, 0.1) is 6.92 Å². The number of rotatable bonds is 6. The Kier molecular flexibility index (Phi) is 5.33. The third-order valence-corrected chi connectivity index (χ3v) is 4.14. The minimum absolute atomic E-state index is 0.115. The van der Waals surface area contributed by atoms with Crippen LogP contribution in [0.5, 0.6) is 5.75 Å². The van der Waals surface area contributed by atoms with Crippen LogP contribution >= 0.6 is 0 Å². The first-order valence-electron chi connectivity index (χ1n) is 8.51. The molecule has 0 aromatic heterocycles. The molecule has 2 aromatic carbocycles. The molecule has 1 heterocycles. The summed E-state index contributed by atoms with van der Waals surface area (Å²) >= 11 is 0. The van der Waals surface area contributed by atoms with Crippen LogP contribution in [0.15, 0.2) is 48.5 Å². The molecule has 25 heavy (non-hydrogen) atoms. The van der Waals surface area contributed by atoms with Crippen molar-refractivity contribution in [2.24, 2.45) is 0 Å². The molecule has 0 atom stereocenters. The highest BCUT2D eigenvalue weighted by atomic mass is 16.5. The largest absolute Gasteiger partial charge is 0.492 e. The first-order valence-corrected chi connectivity index (χ1v) is 8.51. The maximum Gasteiger partial charge on any atom is 0.251 e. The van der Waals surface area contributed by atoms with Gasteiger partial charge in [0.2, 0.25) is 5.91 Å². The summed E-state index contributed by atoms with van der Waals surface area (Å²) in [5.41, 5.74) is 2.47. The Morgan fingerprint density at radius 2 is 2.04 bits per heavy atom. The molecule has 0 radical (unpaired) electrons. The zero-order valence-corrected chi connectivity index (χ0v) is 14.3. The van der Waals surface area contributed by atoms with Crippen molar-refractivity contribution in [2.75, 3.05) is 24.6 Å². The Labute approximate surface area is 147 Å². The van der Waals surface area contributed by atoms with E-state index in [9.17, 15) is 9.59 Å². The molecule has 0 bridgehead atoms. The number of hydrogen-bond acceptors (Lipinski definition) is 3. The lowest BCUT2D eigenvalue weighted by Gasteiger charge is -2.16. The molecule has 2 aromatic rings. The molecular formula is C20H22N2O3. The van der Waals surface area contributed by atoms with Crippen molar-refractivity contribution in [3.63, 3.8) is 0 Å². The van der Waals surface area contributed by atoms with Crippen molar-refractivity contribution < 1.29 is 14.3 Å². The SMILES string of the molecule is Cc1cccc(OCCNC(=O)c2cccc(N3CCCC3=O)c2)c1. The average molecular weight is 338 g/mol. The fourth-order valence-electron chi connectivity index (χ4n) is 2.88. The van der Waals surface area contributed by atoms with Crippen molar-refractivity contribution in [3.05, 3.63) is 59.7 Å². The Balaban J connectivity index is 1.52. The smallest absolute Gasteiger partial charge is 0.251 e. The van der Waals surface area contributed by atoms with E-state index in [1.165, 1.54) is 0 Å². The van der Waals surface area contributed by atoms with Gasteiger partial charge in [-0.25, -0.2) is 0 Å². The maximum atomic E-state index is 12.3. The van der Waals surface area contributed by atoms with Gasteiger partial charge in [-0.05, 0) is 49.2 Å². The van der Waals surface area contributed by atoms with Crippen molar-refractivity contribution in [3.8, 4) is 5.75 Å². The van der Waals surface area contributed by atoms with E-state index in [2.05, 4.69) is 5.32 Å². The Hall–Kier alpha value is -2.82. The molecule has 0 aliphatic carbocycles. The second kappa shape index (κ2) is 7.83. The number of carbonyl (C=O) groups is 2. The molecule has 1 N–H and O–H groups in total. The van der Waals surface area contributed by atoms with E-state index in [1.807, 2.05) is 37.3 Å². The molecule has 130 valence electrons. The van der Waals surface area contributed by atoms with Gasteiger partial charge in [-0.3, -0.25) is 9.59 Å². The second-order valence-electron chi connectivity index (χ2n) is 6.12. The molecule has 5 nitrogen and oxygen atoms in total. The van der Waals surface area contributed by atoms with Gasteiger partial charge < -0.3 is 15.0 Å². The molecule has 1 saturated heterocycles. The summed E-state index contributed by atoms with van der Waals surface area (Å²) in [5.74, 6) is 0.745. The van der Waals surface area contributed by atoms with E-state index < -0.39 is 0 Å². The van der Waals surface area contributed by atoms with Crippen LogP contribution in [0.1, 0.15) is 28.8 Å². The number of carbonyl (C=O) groups excluding carboxylic acids is 2. The standard InChI is InChI=1S/C20H22N2O3/c1-15-5-2-8-18(13-15)25-12-10-21-20(24)16-6-3-7-17(14-16)22-11-4-9-19(22)23/h2-3,5-8,13-14H,4,9-12H2,1H3,(H,21,24). The van der Waals surface area contributed by atoms with Gasteiger partial charge in [0.1, 0.15) is 12.4 Å². The number of amides is 2. The number of aryl methyl sites for hydroxylation is 1. The Morgan fingerprint density at radius 3 is 2.80 bits per heavy atom. The summed E-state index contributed by atoms with van der Waals surface area (Å²) in [5, 5.41) is 2.85. The molecule has 1 aliphatic rings. The quantitative estimate of drug-likeness (QED) is 0.824. The number of benzene rings is 2. The maximum absolute atomic E-state index is 12.3. The van der Waals surface area contributed by atoms with E-state index in [1.54, 1.807) is 23.1 Å². The van der Waals surface area contributed by atoms with Gasteiger partial charge in [0, 0.05) is 24.2 Å². The van der Waals surface area contributed by atoms with Crippen molar-refractivity contribution in [1.82, 2.24) is 5.32 Å². The van der Waals surface area contributed by atoms with Crippen LogP contribution in [-0.4, -0.2) is 31.5 Å². The molecule has 0 spiro atoms. The van der Waals surface area contributed by atoms with Crippen LogP contribution in [-0.2, 0) is 4.79 Å².